The summed E-state index contributed by atoms with van der Waals surface area (Å²) in [5.41, 5.74) is 1.53. The minimum absolute atomic E-state index is 0.344. The van der Waals surface area contributed by atoms with Gasteiger partial charge in [-0.2, -0.15) is 13.2 Å². The van der Waals surface area contributed by atoms with Crippen molar-refractivity contribution < 1.29 is 18.3 Å². The molecule has 106 valence electrons. The van der Waals surface area contributed by atoms with Gasteiger partial charge in [0.05, 0.1) is 12.5 Å². The zero-order valence-electron chi connectivity index (χ0n) is 10.8. The van der Waals surface area contributed by atoms with Crippen LogP contribution in [0.5, 0.6) is 0 Å². The van der Waals surface area contributed by atoms with Gasteiger partial charge in [-0.05, 0) is 29.9 Å². The van der Waals surface area contributed by atoms with Crippen molar-refractivity contribution in [1.29, 1.82) is 0 Å². The molecule has 0 saturated heterocycles. The number of aliphatic hydroxyl groups is 1. The molecular weight excluding hydrogens is 253 g/mol. The molecule has 2 rings (SSSR count). The highest BCUT2D eigenvalue weighted by Crippen LogP contribution is 2.34. The van der Waals surface area contributed by atoms with E-state index in [-0.39, 0.29) is 0 Å². The number of aliphatic hydroxyl groups excluding tert-OH is 1. The van der Waals surface area contributed by atoms with Crippen LogP contribution in [-0.4, -0.2) is 11.3 Å². The molecule has 0 aliphatic heterocycles. The Hall–Kier alpha value is -1.03. The molecule has 1 atom stereocenters. The molecule has 1 aliphatic rings. The smallest absolute Gasteiger partial charge is 0.388 e. The zero-order chi connectivity index (χ0) is 13.9. The van der Waals surface area contributed by atoms with E-state index in [1.165, 1.54) is 24.8 Å². The monoisotopic (exact) mass is 272 g/mol. The molecule has 0 heterocycles. The zero-order valence-corrected chi connectivity index (χ0v) is 10.8. The summed E-state index contributed by atoms with van der Waals surface area (Å²) in [5.74, 6) is 0.530. The van der Waals surface area contributed by atoms with E-state index in [1.807, 2.05) is 12.1 Å². The summed E-state index contributed by atoms with van der Waals surface area (Å²) in [6.45, 7) is 0. The van der Waals surface area contributed by atoms with Crippen LogP contribution in [-0.2, 0) is 0 Å². The third-order valence-electron chi connectivity index (χ3n) is 3.82. The van der Waals surface area contributed by atoms with Gasteiger partial charge in [-0.25, -0.2) is 0 Å². The summed E-state index contributed by atoms with van der Waals surface area (Å²) < 4.78 is 36.6. The maximum atomic E-state index is 12.2. The Morgan fingerprint density at radius 1 is 1.05 bits per heavy atom. The van der Waals surface area contributed by atoms with Crippen molar-refractivity contribution >= 4 is 0 Å². The highest BCUT2D eigenvalue weighted by Gasteiger charge is 2.31. The largest absolute Gasteiger partial charge is 0.391 e. The van der Waals surface area contributed by atoms with Crippen LogP contribution < -0.4 is 0 Å². The van der Waals surface area contributed by atoms with E-state index in [9.17, 15) is 18.3 Å². The summed E-state index contributed by atoms with van der Waals surface area (Å²) in [5, 5.41) is 9.54. The minimum Gasteiger partial charge on any atom is -0.388 e. The molecule has 1 aliphatic carbocycles. The standard InChI is InChI=1S/C15H19F3O/c16-15(17,18)10-14(19)13-8-6-12(7-9-13)11-4-2-1-3-5-11/h6-9,11,14,19H,1-5,10H2. The van der Waals surface area contributed by atoms with E-state index in [0.717, 1.165) is 12.8 Å². The van der Waals surface area contributed by atoms with Gasteiger partial charge in [0.1, 0.15) is 0 Å². The number of hydrogen-bond donors (Lipinski definition) is 1. The predicted octanol–water partition coefficient (Wildman–Crippen LogP) is 4.72. The van der Waals surface area contributed by atoms with Crippen molar-refractivity contribution in [3.8, 4) is 0 Å². The van der Waals surface area contributed by atoms with Crippen LogP contribution in [0, 0.1) is 0 Å². The Morgan fingerprint density at radius 2 is 1.63 bits per heavy atom. The van der Waals surface area contributed by atoms with Crippen molar-refractivity contribution in [2.45, 2.75) is 56.7 Å². The maximum absolute atomic E-state index is 12.2. The summed E-state index contributed by atoms with van der Waals surface area (Å²) in [7, 11) is 0. The average molecular weight is 272 g/mol. The highest BCUT2D eigenvalue weighted by atomic mass is 19.4. The molecular formula is C15H19F3O. The quantitative estimate of drug-likeness (QED) is 0.844. The lowest BCUT2D eigenvalue weighted by atomic mass is 9.84. The third kappa shape index (κ3) is 4.23. The van der Waals surface area contributed by atoms with Gasteiger partial charge in [-0.15, -0.1) is 0 Å². The normalized spacial score (nSPS) is 19.4. The van der Waals surface area contributed by atoms with Crippen molar-refractivity contribution in [2.24, 2.45) is 0 Å². The molecule has 1 nitrogen and oxygen atoms in total. The van der Waals surface area contributed by atoms with Crippen LogP contribution in [0.2, 0.25) is 0 Å². The highest BCUT2D eigenvalue weighted by molar-refractivity contribution is 5.27. The molecule has 1 aromatic rings. The van der Waals surface area contributed by atoms with Crippen molar-refractivity contribution in [1.82, 2.24) is 0 Å². The molecule has 0 spiro atoms. The van der Waals surface area contributed by atoms with Crippen molar-refractivity contribution in [3.63, 3.8) is 0 Å². The molecule has 1 N–H and O–H groups in total. The van der Waals surface area contributed by atoms with Crippen LogP contribution in [0.15, 0.2) is 24.3 Å². The molecule has 0 bridgehead atoms. The first kappa shape index (κ1) is 14.4. The van der Waals surface area contributed by atoms with Crippen LogP contribution in [0.1, 0.15) is 61.7 Å². The molecule has 4 heteroatoms. The molecule has 1 unspecified atom stereocenters. The van der Waals surface area contributed by atoms with Crippen LogP contribution in [0.4, 0.5) is 13.2 Å². The summed E-state index contributed by atoms with van der Waals surface area (Å²) >= 11 is 0. The summed E-state index contributed by atoms with van der Waals surface area (Å²) in [6, 6.07) is 6.98. The minimum atomic E-state index is -4.33. The second-order valence-electron chi connectivity index (χ2n) is 5.34. The van der Waals surface area contributed by atoms with Crippen LogP contribution in [0.25, 0.3) is 0 Å². The van der Waals surface area contributed by atoms with Gasteiger partial charge in [0.2, 0.25) is 0 Å². The number of benzene rings is 1. The fraction of sp³-hybridized carbons (Fsp3) is 0.600. The van der Waals surface area contributed by atoms with Gasteiger partial charge in [0.25, 0.3) is 0 Å². The third-order valence-corrected chi connectivity index (χ3v) is 3.82. The van der Waals surface area contributed by atoms with Gasteiger partial charge >= 0.3 is 6.18 Å². The number of halogens is 3. The van der Waals surface area contributed by atoms with Gasteiger partial charge in [0, 0.05) is 0 Å². The Kier molecular flexibility index (Phi) is 4.50. The van der Waals surface area contributed by atoms with E-state index >= 15 is 0 Å². The van der Waals surface area contributed by atoms with Gasteiger partial charge in [-0.3, -0.25) is 0 Å². The Balaban J connectivity index is 2.01. The lowest BCUT2D eigenvalue weighted by molar-refractivity contribution is -0.154. The van der Waals surface area contributed by atoms with E-state index in [2.05, 4.69) is 0 Å². The average Bonchev–Trinajstić information content (AvgIpc) is 2.38. The summed E-state index contributed by atoms with van der Waals surface area (Å²) in [4.78, 5) is 0. The van der Waals surface area contributed by atoms with Crippen LogP contribution in [0.3, 0.4) is 0 Å². The molecule has 1 fully saturated rings. The Bertz CT molecular complexity index is 391. The topological polar surface area (TPSA) is 20.2 Å². The SMILES string of the molecule is OC(CC(F)(F)F)c1ccc(C2CCCCC2)cc1. The summed E-state index contributed by atoms with van der Waals surface area (Å²) in [6.07, 6.45) is -0.933. The predicted molar refractivity (Wildman–Crippen MR) is 67.9 cm³/mol. The first-order valence-corrected chi connectivity index (χ1v) is 6.80. The Morgan fingerprint density at radius 3 is 2.16 bits per heavy atom. The second-order valence-corrected chi connectivity index (χ2v) is 5.34. The molecule has 0 aromatic heterocycles. The first-order chi connectivity index (χ1) is 8.96. The molecule has 1 aromatic carbocycles. The molecule has 1 saturated carbocycles. The van der Waals surface area contributed by atoms with Crippen molar-refractivity contribution in [2.75, 3.05) is 0 Å². The lowest BCUT2D eigenvalue weighted by Crippen LogP contribution is -2.13. The lowest BCUT2D eigenvalue weighted by Gasteiger charge is -2.22. The van der Waals surface area contributed by atoms with Crippen molar-refractivity contribution in [3.05, 3.63) is 35.4 Å². The van der Waals surface area contributed by atoms with Crippen LogP contribution >= 0.6 is 0 Å². The molecule has 0 radical (unpaired) electrons. The molecule has 0 amide bonds. The van der Waals surface area contributed by atoms with E-state index in [1.54, 1.807) is 12.1 Å². The fourth-order valence-corrected chi connectivity index (χ4v) is 2.76. The van der Waals surface area contributed by atoms with Gasteiger partial charge in [0.15, 0.2) is 0 Å². The van der Waals surface area contributed by atoms with Gasteiger partial charge < -0.3 is 5.11 Å². The Labute approximate surface area is 111 Å². The van der Waals surface area contributed by atoms with Gasteiger partial charge in [-0.1, -0.05) is 43.5 Å². The first-order valence-electron chi connectivity index (χ1n) is 6.80. The number of alkyl halides is 3. The van der Waals surface area contributed by atoms with E-state index < -0.39 is 18.7 Å². The van der Waals surface area contributed by atoms with E-state index in [0.29, 0.717) is 11.5 Å². The maximum Gasteiger partial charge on any atom is 0.391 e. The fourth-order valence-electron chi connectivity index (χ4n) is 2.76. The molecule has 19 heavy (non-hydrogen) atoms. The van der Waals surface area contributed by atoms with E-state index in [4.69, 9.17) is 0 Å². The number of rotatable bonds is 3. The number of hydrogen-bond acceptors (Lipinski definition) is 1. The second kappa shape index (κ2) is 5.95.